The number of hydrogen-bond donors (Lipinski definition) is 0. The monoisotopic (exact) mass is 156 g/mol. The zero-order chi connectivity index (χ0) is 8.69. The smallest absolute Gasteiger partial charge is 0.0817 e. The first-order valence-corrected chi connectivity index (χ1v) is 3.57. The molecule has 2 nitrogen and oxygen atoms in total. The van der Waals surface area contributed by atoms with Crippen molar-refractivity contribution in [3.05, 3.63) is 23.7 Å². The van der Waals surface area contributed by atoms with Gasteiger partial charge < -0.3 is 9.47 Å². The van der Waals surface area contributed by atoms with Gasteiger partial charge in [0.1, 0.15) is 0 Å². The zero-order valence-electron chi connectivity index (χ0n) is 7.68. The molecule has 0 aromatic carbocycles. The lowest BCUT2D eigenvalue weighted by atomic mass is 10.1. The Labute approximate surface area is 68.5 Å². The van der Waals surface area contributed by atoms with Gasteiger partial charge in [0.05, 0.1) is 26.7 Å². The molecule has 0 aromatic rings. The van der Waals surface area contributed by atoms with Crippen LogP contribution in [-0.2, 0) is 9.47 Å². The topological polar surface area (TPSA) is 18.5 Å². The van der Waals surface area contributed by atoms with Gasteiger partial charge in [-0.1, -0.05) is 0 Å². The Hall–Kier alpha value is -0.920. The zero-order valence-corrected chi connectivity index (χ0v) is 7.68. The van der Waals surface area contributed by atoms with Gasteiger partial charge in [0.2, 0.25) is 0 Å². The summed E-state index contributed by atoms with van der Waals surface area (Å²) in [5.41, 5.74) is 2.39. The molecule has 0 aromatic heterocycles. The van der Waals surface area contributed by atoms with Crippen LogP contribution in [0, 0.1) is 0 Å². The largest absolute Gasteiger partial charge is 0.504 e. The summed E-state index contributed by atoms with van der Waals surface area (Å²) < 4.78 is 9.71. The number of ether oxygens (including phenoxy) is 2. The molecule has 0 amide bonds. The van der Waals surface area contributed by atoms with Crippen LogP contribution in [0.2, 0.25) is 0 Å². The SMILES string of the molecule is CO/C=C(\C)C/C(C)=C/OC. The molecule has 0 saturated carbocycles. The summed E-state index contributed by atoms with van der Waals surface area (Å²) in [6.07, 6.45) is 4.39. The van der Waals surface area contributed by atoms with Gasteiger partial charge in [0, 0.05) is 0 Å². The Morgan fingerprint density at radius 2 is 1.36 bits per heavy atom. The van der Waals surface area contributed by atoms with Gasteiger partial charge in [0.25, 0.3) is 0 Å². The highest BCUT2D eigenvalue weighted by Gasteiger charge is 1.91. The summed E-state index contributed by atoms with van der Waals surface area (Å²) in [5.74, 6) is 0. The van der Waals surface area contributed by atoms with Crippen molar-refractivity contribution < 1.29 is 9.47 Å². The van der Waals surface area contributed by atoms with Gasteiger partial charge in [-0.25, -0.2) is 0 Å². The molecule has 0 aliphatic heterocycles. The number of methoxy groups -OCH3 is 2. The van der Waals surface area contributed by atoms with E-state index in [-0.39, 0.29) is 0 Å². The summed E-state index contributed by atoms with van der Waals surface area (Å²) in [6, 6.07) is 0. The molecule has 0 fully saturated rings. The molecule has 64 valence electrons. The lowest BCUT2D eigenvalue weighted by molar-refractivity contribution is 0.329. The third kappa shape index (κ3) is 5.52. The molecule has 0 spiro atoms. The van der Waals surface area contributed by atoms with Crippen LogP contribution in [0.4, 0.5) is 0 Å². The molecule has 0 atom stereocenters. The van der Waals surface area contributed by atoms with Crippen molar-refractivity contribution in [3.63, 3.8) is 0 Å². The van der Waals surface area contributed by atoms with E-state index < -0.39 is 0 Å². The first-order valence-electron chi connectivity index (χ1n) is 3.57. The van der Waals surface area contributed by atoms with Crippen molar-refractivity contribution in [2.45, 2.75) is 20.3 Å². The molecule has 2 heteroatoms. The number of hydrogen-bond acceptors (Lipinski definition) is 2. The van der Waals surface area contributed by atoms with Crippen molar-refractivity contribution in [2.24, 2.45) is 0 Å². The van der Waals surface area contributed by atoms with Crippen LogP contribution >= 0.6 is 0 Å². The standard InChI is InChI=1S/C9H16O2/c1-8(6-10-3)5-9(2)7-11-4/h6-7H,5H2,1-4H3/b8-6+,9-7+. The van der Waals surface area contributed by atoms with E-state index in [9.17, 15) is 0 Å². The minimum atomic E-state index is 0.904. The Kier molecular flexibility index (Phi) is 5.35. The minimum absolute atomic E-state index is 0.904. The molecule has 0 aliphatic rings. The molecule has 0 rings (SSSR count). The Balaban J connectivity index is 3.84. The summed E-state index contributed by atoms with van der Waals surface area (Å²) in [4.78, 5) is 0. The number of rotatable bonds is 4. The maximum Gasteiger partial charge on any atom is 0.0817 e. The third-order valence-electron chi connectivity index (χ3n) is 1.20. The highest BCUT2D eigenvalue weighted by Crippen LogP contribution is 2.08. The van der Waals surface area contributed by atoms with Crippen LogP contribution in [0.5, 0.6) is 0 Å². The molecule has 0 saturated heterocycles. The maximum absolute atomic E-state index is 4.85. The second-order valence-corrected chi connectivity index (χ2v) is 2.58. The van der Waals surface area contributed by atoms with E-state index in [1.807, 2.05) is 13.8 Å². The van der Waals surface area contributed by atoms with Crippen molar-refractivity contribution in [2.75, 3.05) is 14.2 Å². The second kappa shape index (κ2) is 5.83. The molecular weight excluding hydrogens is 140 g/mol. The summed E-state index contributed by atoms with van der Waals surface area (Å²) in [6.45, 7) is 4.05. The lowest BCUT2D eigenvalue weighted by Crippen LogP contribution is -1.82. The minimum Gasteiger partial charge on any atom is -0.504 e. The van der Waals surface area contributed by atoms with Gasteiger partial charge in [-0.15, -0.1) is 0 Å². The maximum atomic E-state index is 4.85. The third-order valence-corrected chi connectivity index (χ3v) is 1.20. The van der Waals surface area contributed by atoms with E-state index in [0.717, 1.165) is 6.42 Å². The average Bonchev–Trinajstić information content (AvgIpc) is 1.87. The van der Waals surface area contributed by atoms with Gasteiger partial charge in [-0.3, -0.25) is 0 Å². The normalized spacial score (nSPS) is 13.1. The highest BCUT2D eigenvalue weighted by atomic mass is 16.5. The molecule has 0 bridgehead atoms. The molecule has 0 radical (unpaired) electrons. The van der Waals surface area contributed by atoms with Gasteiger partial charge in [-0.2, -0.15) is 0 Å². The van der Waals surface area contributed by atoms with E-state index >= 15 is 0 Å². The number of allylic oxidation sites excluding steroid dienone is 2. The fraction of sp³-hybridized carbons (Fsp3) is 0.556. The van der Waals surface area contributed by atoms with E-state index in [0.29, 0.717) is 0 Å². The van der Waals surface area contributed by atoms with Crippen LogP contribution in [-0.4, -0.2) is 14.2 Å². The predicted octanol–water partition coefficient (Wildman–Crippen LogP) is 2.48. The van der Waals surface area contributed by atoms with Crippen LogP contribution in [0.3, 0.4) is 0 Å². The Bertz CT molecular complexity index is 139. The average molecular weight is 156 g/mol. The molecule has 0 aliphatic carbocycles. The highest BCUT2D eigenvalue weighted by molar-refractivity contribution is 5.08. The van der Waals surface area contributed by atoms with E-state index in [1.54, 1.807) is 26.7 Å². The Morgan fingerprint density at radius 1 is 1.00 bits per heavy atom. The van der Waals surface area contributed by atoms with Crippen molar-refractivity contribution in [1.29, 1.82) is 0 Å². The van der Waals surface area contributed by atoms with Crippen molar-refractivity contribution in [1.82, 2.24) is 0 Å². The molecule has 0 heterocycles. The summed E-state index contributed by atoms with van der Waals surface area (Å²) >= 11 is 0. The molecule has 0 N–H and O–H groups in total. The van der Waals surface area contributed by atoms with Gasteiger partial charge >= 0.3 is 0 Å². The van der Waals surface area contributed by atoms with E-state index in [4.69, 9.17) is 9.47 Å². The lowest BCUT2D eigenvalue weighted by Gasteiger charge is -2.00. The fourth-order valence-electron chi connectivity index (χ4n) is 0.926. The fourth-order valence-corrected chi connectivity index (χ4v) is 0.926. The van der Waals surface area contributed by atoms with E-state index in [1.165, 1.54) is 11.1 Å². The van der Waals surface area contributed by atoms with Gasteiger partial charge in [-0.05, 0) is 31.4 Å². The molecule has 11 heavy (non-hydrogen) atoms. The van der Waals surface area contributed by atoms with Crippen LogP contribution in [0.15, 0.2) is 23.7 Å². The van der Waals surface area contributed by atoms with Crippen LogP contribution < -0.4 is 0 Å². The first-order chi connectivity index (χ1) is 5.20. The molecule has 0 unspecified atom stereocenters. The summed E-state index contributed by atoms with van der Waals surface area (Å²) in [7, 11) is 3.30. The van der Waals surface area contributed by atoms with Crippen molar-refractivity contribution >= 4 is 0 Å². The van der Waals surface area contributed by atoms with E-state index in [2.05, 4.69) is 0 Å². The van der Waals surface area contributed by atoms with Crippen molar-refractivity contribution in [3.8, 4) is 0 Å². The summed E-state index contributed by atoms with van der Waals surface area (Å²) in [5, 5.41) is 0. The predicted molar refractivity (Wildman–Crippen MR) is 46.1 cm³/mol. The first kappa shape index (κ1) is 10.1. The molecular formula is C9H16O2. The quantitative estimate of drug-likeness (QED) is 0.582. The van der Waals surface area contributed by atoms with Gasteiger partial charge in [0.15, 0.2) is 0 Å². The second-order valence-electron chi connectivity index (χ2n) is 2.58. The van der Waals surface area contributed by atoms with Crippen LogP contribution in [0.1, 0.15) is 20.3 Å². The van der Waals surface area contributed by atoms with Crippen LogP contribution in [0.25, 0.3) is 0 Å². The Morgan fingerprint density at radius 3 is 1.64 bits per heavy atom.